The molecule has 1 amide bonds. The minimum absolute atomic E-state index is 0.0532. The van der Waals surface area contributed by atoms with E-state index < -0.39 is 17.3 Å². The maximum absolute atomic E-state index is 13.4. The molecule has 0 bridgehead atoms. The number of rotatable bonds is 4. The second-order valence-electron chi connectivity index (χ2n) is 7.42. The lowest BCUT2D eigenvalue weighted by Gasteiger charge is -2.20. The van der Waals surface area contributed by atoms with Gasteiger partial charge in [0.2, 0.25) is 5.91 Å². The van der Waals surface area contributed by atoms with Gasteiger partial charge in [-0.3, -0.25) is 14.2 Å². The normalized spacial score (nSPS) is 12.4. The lowest BCUT2D eigenvalue weighted by molar-refractivity contribution is -0.124. The summed E-state index contributed by atoms with van der Waals surface area (Å²) in [5.41, 5.74) is 2.07. The maximum atomic E-state index is 13.4. The number of fused-ring (bicyclic) bond motifs is 1. The summed E-state index contributed by atoms with van der Waals surface area (Å²) in [5, 5.41) is 3.23. The van der Waals surface area contributed by atoms with Crippen molar-refractivity contribution >= 4 is 16.8 Å². The highest BCUT2D eigenvalue weighted by atomic mass is 16.2. The van der Waals surface area contributed by atoms with Gasteiger partial charge in [0.05, 0.1) is 16.6 Å². The van der Waals surface area contributed by atoms with E-state index in [2.05, 4.69) is 5.32 Å². The average molecular weight is 379 g/mol. The van der Waals surface area contributed by atoms with Gasteiger partial charge >= 0.3 is 5.69 Å². The van der Waals surface area contributed by atoms with Crippen LogP contribution in [0.5, 0.6) is 0 Å². The molecule has 3 rings (SSSR count). The van der Waals surface area contributed by atoms with E-state index in [9.17, 15) is 14.4 Å². The van der Waals surface area contributed by atoms with Crippen LogP contribution in [0.15, 0.2) is 52.1 Å². The number of nitrogens with zero attached hydrogens (tertiary/aromatic N) is 2. The van der Waals surface area contributed by atoms with E-state index in [1.165, 1.54) is 4.57 Å². The summed E-state index contributed by atoms with van der Waals surface area (Å²) in [6.07, 6.45) is 0. The van der Waals surface area contributed by atoms with Crippen LogP contribution in [-0.2, 0) is 4.79 Å². The molecule has 6 nitrogen and oxygen atoms in total. The number of carbonyl (C=O) groups excluding carboxylic acids is 1. The van der Waals surface area contributed by atoms with Gasteiger partial charge in [-0.15, -0.1) is 0 Å². The Morgan fingerprint density at radius 3 is 2.29 bits per heavy atom. The Morgan fingerprint density at radius 1 is 0.964 bits per heavy atom. The Bertz CT molecular complexity index is 1170. The van der Waals surface area contributed by atoms with Gasteiger partial charge in [-0.2, -0.15) is 0 Å². The van der Waals surface area contributed by atoms with Gasteiger partial charge in [0.25, 0.3) is 5.56 Å². The quantitative estimate of drug-likeness (QED) is 0.758. The van der Waals surface area contributed by atoms with Crippen LogP contribution in [0.3, 0.4) is 0 Å². The number of carbonyl (C=O) groups is 1. The van der Waals surface area contributed by atoms with Crippen LogP contribution >= 0.6 is 0 Å². The monoisotopic (exact) mass is 379 g/mol. The number of nitrogens with one attached hydrogen (secondary N) is 1. The zero-order chi connectivity index (χ0) is 20.6. The van der Waals surface area contributed by atoms with Crippen molar-refractivity contribution in [1.29, 1.82) is 0 Å². The first-order valence-corrected chi connectivity index (χ1v) is 9.36. The van der Waals surface area contributed by atoms with Gasteiger partial charge in [0.1, 0.15) is 6.04 Å². The molecule has 0 unspecified atom stereocenters. The van der Waals surface area contributed by atoms with Gasteiger partial charge in [0.15, 0.2) is 0 Å². The van der Waals surface area contributed by atoms with E-state index in [1.54, 1.807) is 37.3 Å². The van der Waals surface area contributed by atoms with Crippen molar-refractivity contribution in [2.75, 3.05) is 0 Å². The first-order chi connectivity index (χ1) is 13.2. The molecule has 0 radical (unpaired) electrons. The molecule has 2 aromatic carbocycles. The van der Waals surface area contributed by atoms with Crippen molar-refractivity contribution < 1.29 is 4.79 Å². The molecule has 1 heterocycles. The Morgan fingerprint density at radius 2 is 1.64 bits per heavy atom. The molecule has 1 atom stereocenters. The standard InChI is InChI=1S/C22H25N3O3/c1-13(2)23-20(26)16(5)24-19-9-7-6-8-18(19)21(27)25(22(24)28)17-11-10-14(3)15(4)12-17/h6-13,16H,1-5H3,(H,23,26)/t16-/m0/s1. The first kappa shape index (κ1) is 19.6. The van der Waals surface area contributed by atoms with E-state index in [1.807, 2.05) is 39.8 Å². The number of hydrogen-bond donors (Lipinski definition) is 1. The lowest BCUT2D eigenvalue weighted by atomic mass is 10.1. The second-order valence-corrected chi connectivity index (χ2v) is 7.42. The van der Waals surface area contributed by atoms with E-state index in [0.717, 1.165) is 15.7 Å². The third-order valence-corrected chi connectivity index (χ3v) is 4.94. The van der Waals surface area contributed by atoms with Crippen molar-refractivity contribution in [3.05, 3.63) is 74.4 Å². The molecule has 28 heavy (non-hydrogen) atoms. The topological polar surface area (TPSA) is 73.1 Å². The number of para-hydroxylation sites is 1. The van der Waals surface area contributed by atoms with Crippen molar-refractivity contribution in [2.45, 2.75) is 46.7 Å². The molecule has 0 aliphatic rings. The highest BCUT2D eigenvalue weighted by Crippen LogP contribution is 2.16. The molecule has 0 spiro atoms. The Kier molecular flexibility index (Phi) is 5.23. The van der Waals surface area contributed by atoms with Gasteiger partial charge < -0.3 is 5.32 Å². The van der Waals surface area contributed by atoms with Crippen LogP contribution in [-0.4, -0.2) is 21.1 Å². The molecule has 0 saturated carbocycles. The summed E-state index contributed by atoms with van der Waals surface area (Å²) >= 11 is 0. The number of aromatic nitrogens is 2. The summed E-state index contributed by atoms with van der Waals surface area (Å²) in [7, 11) is 0. The maximum Gasteiger partial charge on any atom is 0.336 e. The fourth-order valence-corrected chi connectivity index (χ4v) is 3.27. The summed E-state index contributed by atoms with van der Waals surface area (Å²) < 4.78 is 2.54. The van der Waals surface area contributed by atoms with Crippen molar-refractivity contribution in [2.24, 2.45) is 0 Å². The smallest absolute Gasteiger partial charge is 0.336 e. The van der Waals surface area contributed by atoms with Crippen molar-refractivity contribution in [3.8, 4) is 5.69 Å². The predicted molar refractivity (Wildman–Crippen MR) is 111 cm³/mol. The Labute approximate surface area is 163 Å². The molecule has 0 aliphatic carbocycles. The van der Waals surface area contributed by atoms with E-state index in [0.29, 0.717) is 16.6 Å². The summed E-state index contributed by atoms with van der Waals surface area (Å²) in [6.45, 7) is 9.30. The van der Waals surface area contributed by atoms with Gasteiger partial charge in [0, 0.05) is 6.04 Å². The van der Waals surface area contributed by atoms with Crippen LogP contribution in [0.1, 0.15) is 37.9 Å². The number of aryl methyl sites for hydroxylation is 2. The van der Waals surface area contributed by atoms with E-state index in [4.69, 9.17) is 0 Å². The van der Waals surface area contributed by atoms with Gasteiger partial charge in [-0.1, -0.05) is 18.2 Å². The highest BCUT2D eigenvalue weighted by Gasteiger charge is 2.23. The minimum atomic E-state index is -0.766. The summed E-state index contributed by atoms with van der Waals surface area (Å²) in [6, 6.07) is 11.5. The minimum Gasteiger partial charge on any atom is -0.352 e. The van der Waals surface area contributed by atoms with Crippen LogP contribution in [0, 0.1) is 13.8 Å². The second kappa shape index (κ2) is 7.46. The molecule has 0 saturated heterocycles. The van der Waals surface area contributed by atoms with E-state index >= 15 is 0 Å². The lowest BCUT2D eigenvalue weighted by Crippen LogP contribution is -2.44. The molecule has 0 aliphatic heterocycles. The Balaban J connectivity index is 2.35. The summed E-state index contributed by atoms with van der Waals surface area (Å²) in [5.74, 6) is -0.271. The summed E-state index contributed by atoms with van der Waals surface area (Å²) in [4.78, 5) is 39.1. The fraction of sp³-hybridized carbons (Fsp3) is 0.318. The largest absolute Gasteiger partial charge is 0.352 e. The average Bonchev–Trinajstić information content (AvgIpc) is 2.64. The van der Waals surface area contributed by atoms with Crippen LogP contribution in [0.25, 0.3) is 16.6 Å². The van der Waals surface area contributed by atoms with Gasteiger partial charge in [-0.05, 0) is 70.0 Å². The van der Waals surface area contributed by atoms with E-state index in [-0.39, 0.29) is 11.9 Å². The molecule has 146 valence electrons. The third-order valence-electron chi connectivity index (χ3n) is 4.94. The number of amides is 1. The molecule has 1 aromatic heterocycles. The zero-order valence-electron chi connectivity index (χ0n) is 16.8. The predicted octanol–water partition coefficient (Wildman–Crippen LogP) is 2.85. The molecular weight excluding hydrogens is 354 g/mol. The molecule has 3 aromatic rings. The van der Waals surface area contributed by atoms with Crippen LogP contribution in [0.4, 0.5) is 0 Å². The zero-order valence-corrected chi connectivity index (χ0v) is 16.8. The van der Waals surface area contributed by atoms with Crippen molar-refractivity contribution in [3.63, 3.8) is 0 Å². The van der Waals surface area contributed by atoms with Crippen LogP contribution in [0.2, 0.25) is 0 Å². The third kappa shape index (κ3) is 3.38. The highest BCUT2D eigenvalue weighted by molar-refractivity contribution is 5.84. The van der Waals surface area contributed by atoms with Crippen molar-refractivity contribution in [1.82, 2.24) is 14.5 Å². The molecular formula is C22H25N3O3. The molecule has 6 heteroatoms. The van der Waals surface area contributed by atoms with Gasteiger partial charge in [-0.25, -0.2) is 9.36 Å². The molecule has 1 N–H and O–H groups in total. The van der Waals surface area contributed by atoms with Crippen LogP contribution < -0.4 is 16.6 Å². The first-order valence-electron chi connectivity index (χ1n) is 9.36. The Hall–Kier alpha value is -3.15. The SMILES string of the molecule is Cc1ccc(-n2c(=O)c3ccccc3n([C@@H](C)C(=O)NC(C)C)c2=O)cc1C. The fourth-order valence-electron chi connectivity index (χ4n) is 3.27. The number of hydrogen-bond acceptors (Lipinski definition) is 3. The molecule has 0 fully saturated rings. The number of benzene rings is 2.